The molecule has 0 spiro atoms. The maximum Gasteiger partial charge on any atom is 0.243 e. The topological polar surface area (TPSA) is 55.8 Å². The van der Waals surface area contributed by atoms with Crippen molar-refractivity contribution in [1.29, 1.82) is 0 Å². The van der Waals surface area contributed by atoms with Crippen molar-refractivity contribution in [3.63, 3.8) is 0 Å². The van der Waals surface area contributed by atoms with Gasteiger partial charge in [0.2, 0.25) is 10.0 Å². The van der Waals surface area contributed by atoms with Gasteiger partial charge >= 0.3 is 0 Å². The van der Waals surface area contributed by atoms with E-state index in [1.807, 2.05) is 42.5 Å². The Morgan fingerprint density at radius 3 is 2.44 bits per heavy atom. The first-order valence-corrected chi connectivity index (χ1v) is 10.3. The van der Waals surface area contributed by atoms with Gasteiger partial charge in [-0.3, -0.25) is 0 Å². The molecule has 3 aromatic rings. The average molecular weight is 383 g/mol. The summed E-state index contributed by atoms with van der Waals surface area (Å²) in [6.07, 6.45) is 0.776. The van der Waals surface area contributed by atoms with Crippen molar-refractivity contribution in [2.75, 3.05) is 20.3 Å². The zero-order valence-corrected chi connectivity index (χ0v) is 15.9. The molecule has 140 valence electrons. The van der Waals surface area contributed by atoms with Crippen LogP contribution in [0.4, 0.5) is 0 Å². The van der Waals surface area contributed by atoms with Crippen LogP contribution in [-0.2, 0) is 16.6 Å². The van der Waals surface area contributed by atoms with E-state index >= 15 is 0 Å². The molecule has 0 unspecified atom stereocenters. The van der Waals surface area contributed by atoms with Gasteiger partial charge < -0.3 is 9.47 Å². The van der Waals surface area contributed by atoms with Crippen molar-refractivity contribution in [2.24, 2.45) is 0 Å². The zero-order valence-electron chi connectivity index (χ0n) is 15.1. The van der Waals surface area contributed by atoms with Crippen LogP contribution in [0.15, 0.2) is 65.6 Å². The van der Waals surface area contributed by atoms with Gasteiger partial charge in [-0.05, 0) is 34.5 Å². The second-order valence-corrected chi connectivity index (χ2v) is 8.65. The van der Waals surface area contributed by atoms with E-state index in [1.165, 1.54) is 4.31 Å². The van der Waals surface area contributed by atoms with Crippen LogP contribution in [0.3, 0.4) is 0 Å². The summed E-state index contributed by atoms with van der Waals surface area (Å²) in [4.78, 5) is 0.204. The molecule has 5 nitrogen and oxygen atoms in total. The Labute approximate surface area is 159 Å². The van der Waals surface area contributed by atoms with Gasteiger partial charge in [0.25, 0.3) is 0 Å². The zero-order chi connectivity index (χ0) is 18.9. The number of hydrogen-bond acceptors (Lipinski definition) is 4. The summed E-state index contributed by atoms with van der Waals surface area (Å²) in [7, 11) is -2.05. The first kappa shape index (κ1) is 17.8. The van der Waals surface area contributed by atoms with Crippen molar-refractivity contribution >= 4 is 20.8 Å². The summed E-state index contributed by atoms with van der Waals surface area (Å²) in [5, 5.41) is 2.23. The summed E-state index contributed by atoms with van der Waals surface area (Å²) < 4.78 is 38.6. The summed E-state index contributed by atoms with van der Waals surface area (Å²) in [6, 6.07) is 18.8. The molecule has 0 aliphatic carbocycles. The minimum atomic E-state index is -3.64. The van der Waals surface area contributed by atoms with Crippen LogP contribution >= 0.6 is 0 Å². The van der Waals surface area contributed by atoms with Crippen LogP contribution in [0.25, 0.3) is 10.8 Å². The van der Waals surface area contributed by atoms with Gasteiger partial charge in [0.15, 0.2) is 11.5 Å². The third kappa shape index (κ3) is 3.63. The highest BCUT2D eigenvalue weighted by molar-refractivity contribution is 7.89. The molecule has 1 heterocycles. The Morgan fingerprint density at radius 2 is 1.63 bits per heavy atom. The minimum Gasteiger partial charge on any atom is -0.490 e. The first-order valence-electron chi connectivity index (χ1n) is 8.88. The van der Waals surface area contributed by atoms with E-state index in [9.17, 15) is 8.42 Å². The normalized spacial score (nSPS) is 14.3. The largest absolute Gasteiger partial charge is 0.490 e. The van der Waals surface area contributed by atoms with Gasteiger partial charge in [-0.2, -0.15) is 4.31 Å². The monoisotopic (exact) mass is 383 g/mol. The molecule has 3 aromatic carbocycles. The molecular weight excluding hydrogens is 362 g/mol. The molecule has 1 aliphatic heterocycles. The fourth-order valence-corrected chi connectivity index (χ4v) is 4.34. The predicted octanol–water partition coefficient (Wildman–Crippen LogP) is 3.82. The second kappa shape index (κ2) is 7.21. The van der Waals surface area contributed by atoms with Gasteiger partial charge in [-0.1, -0.05) is 36.4 Å². The van der Waals surface area contributed by atoms with Gasteiger partial charge in [0.1, 0.15) is 0 Å². The molecule has 0 N–H and O–H groups in total. The SMILES string of the molecule is CN(Cc1ccc2ccccc2c1)S(=O)(=O)c1ccc2c(c1)OCCCO2. The first-order chi connectivity index (χ1) is 13.0. The average Bonchev–Trinajstić information content (AvgIpc) is 2.92. The number of sulfonamides is 1. The van der Waals surface area contributed by atoms with Gasteiger partial charge in [-0.15, -0.1) is 0 Å². The highest BCUT2D eigenvalue weighted by Gasteiger charge is 2.23. The van der Waals surface area contributed by atoms with Crippen LogP contribution in [0, 0.1) is 0 Å². The third-order valence-corrected chi connectivity index (χ3v) is 6.45. The molecule has 0 saturated heterocycles. The van der Waals surface area contributed by atoms with Crippen molar-refractivity contribution < 1.29 is 17.9 Å². The molecule has 0 amide bonds. The molecule has 0 radical (unpaired) electrons. The lowest BCUT2D eigenvalue weighted by Crippen LogP contribution is -2.26. The van der Waals surface area contributed by atoms with Crippen LogP contribution in [0.5, 0.6) is 11.5 Å². The minimum absolute atomic E-state index is 0.204. The van der Waals surface area contributed by atoms with E-state index in [0.29, 0.717) is 31.3 Å². The summed E-state index contributed by atoms with van der Waals surface area (Å²) in [6.45, 7) is 1.38. The summed E-state index contributed by atoms with van der Waals surface area (Å²) in [5.74, 6) is 1.07. The van der Waals surface area contributed by atoms with Crippen molar-refractivity contribution in [2.45, 2.75) is 17.9 Å². The second-order valence-electron chi connectivity index (χ2n) is 6.60. The molecule has 0 fully saturated rings. The molecule has 0 bridgehead atoms. The number of benzene rings is 3. The highest BCUT2D eigenvalue weighted by atomic mass is 32.2. The molecule has 0 saturated carbocycles. The summed E-state index contributed by atoms with van der Waals surface area (Å²) in [5.41, 5.74) is 0.939. The number of hydrogen-bond donors (Lipinski definition) is 0. The number of fused-ring (bicyclic) bond motifs is 2. The van der Waals surface area contributed by atoms with E-state index < -0.39 is 10.0 Å². The summed E-state index contributed by atoms with van der Waals surface area (Å²) >= 11 is 0. The van der Waals surface area contributed by atoms with Crippen molar-refractivity contribution in [1.82, 2.24) is 4.31 Å². The quantitative estimate of drug-likeness (QED) is 0.687. The Balaban J connectivity index is 1.60. The maximum atomic E-state index is 13.0. The van der Waals surface area contributed by atoms with Crippen LogP contribution < -0.4 is 9.47 Å². The lowest BCUT2D eigenvalue weighted by molar-refractivity contribution is 0.297. The fraction of sp³-hybridized carbons (Fsp3) is 0.238. The van der Waals surface area contributed by atoms with E-state index in [0.717, 1.165) is 22.8 Å². The molecule has 4 rings (SSSR count). The predicted molar refractivity (Wildman–Crippen MR) is 105 cm³/mol. The third-order valence-electron chi connectivity index (χ3n) is 4.65. The lowest BCUT2D eigenvalue weighted by atomic mass is 10.1. The lowest BCUT2D eigenvalue weighted by Gasteiger charge is -2.18. The fourth-order valence-electron chi connectivity index (χ4n) is 3.16. The highest BCUT2D eigenvalue weighted by Crippen LogP contribution is 2.33. The Kier molecular flexibility index (Phi) is 4.76. The van der Waals surface area contributed by atoms with Gasteiger partial charge in [0, 0.05) is 26.1 Å². The van der Waals surface area contributed by atoms with E-state index in [4.69, 9.17) is 9.47 Å². The van der Waals surface area contributed by atoms with Crippen LogP contribution in [0.1, 0.15) is 12.0 Å². The van der Waals surface area contributed by atoms with Crippen molar-refractivity contribution in [3.05, 3.63) is 66.2 Å². The van der Waals surface area contributed by atoms with Crippen LogP contribution in [0.2, 0.25) is 0 Å². The smallest absolute Gasteiger partial charge is 0.243 e. The maximum absolute atomic E-state index is 13.0. The molecule has 1 aliphatic rings. The Morgan fingerprint density at radius 1 is 0.889 bits per heavy atom. The van der Waals surface area contributed by atoms with Crippen LogP contribution in [-0.4, -0.2) is 33.0 Å². The van der Waals surface area contributed by atoms with Gasteiger partial charge in [-0.25, -0.2) is 8.42 Å². The molecule has 6 heteroatoms. The van der Waals surface area contributed by atoms with E-state index in [2.05, 4.69) is 0 Å². The Bertz CT molecular complexity index is 1080. The van der Waals surface area contributed by atoms with Gasteiger partial charge in [0.05, 0.1) is 18.1 Å². The molecular formula is C21H21NO4S. The van der Waals surface area contributed by atoms with E-state index in [-0.39, 0.29) is 4.90 Å². The number of ether oxygens (including phenoxy) is 2. The molecule has 0 atom stereocenters. The Hall–Kier alpha value is -2.57. The molecule has 27 heavy (non-hydrogen) atoms. The standard InChI is InChI=1S/C21H21NO4S/c1-22(15-16-7-8-17-5-2-3-6-18(17)13-16)27(23,24)19-9-10-20-21(14-19)26-12-4-11-25-20/h2-3,5-10,13-14H,4,11-12,15H2,1H3. The number of rotatable bonds is 4. The van der Waals surface area contributed by atoms with Crippen molar-refractivity contribution in [3.8, 4) is 11.5 Å². The molecule has 0 aromatic heterocycles. The number of nitrogens with zero attached hydrogens (tertiary/aromatic N) is 1. The van der Waals surface area contributed by atoms with E-state index in [1.54, 1.807) is 25.2 Å².